The Balaban J connectivity index is 2.27. The third-order valence-corrected chi connectivity index (χ3v) is 3.07. The normalized spacial score (nSPS) is 11.2. The van der Waals surface area contributed by atoms with Crippen LogP contribution in [0, 0.1) is 31.6 Å². The Hall–Kier alpha value is -3.79. The Morgan fingerprint density at radius 1 is 0.958 bits per heavy atom. The molecule has 0 bridgehead atoms. The summed E-state index contributed by atoms with van der Waals surface area (Å²) < 4.78 is 0. The van der Waals surface area contributed by atoms with E-state index in [0.29, 0.717) is 11.1 Å². The molecule has 0 unspecified atom stereocenters. The van der Waals surface area contributed by atoms with Crippen LogP contribution in [0.5, 0.6) is 0 Å². The van der Waals surface area contributed by atoms with Crippen molar-refractivity contribution < 1.29 is 9.85 Å². The lowest BCUT2D eigenvalue weighted by Gasteiger charge is -1.96. The van der Waals surface area contributed by atoms with E-state index < -0.39 is 9.85 Å². The summed E-state index contributed by atoms with van der Waals surface area (Å²) in [5.74, 6) is 0. The molecule has 118 valence electrons. The second-order valence-corrected chi connectivity index (χ2v) is 4.75. The number of rotatable bonds is 5. The third-order valence-electron chi connectivity index (χ3n) is 3.07. The van der Waals surface area contributed by atoms with E-state index in [2.05, 4.69) is 0 Å². The molecule has 0 saturated carbocycles. The zero-order chi connectivity index (χ0) is 17.5. The van der Waals surface area contributed by atoms with Gasteiger partial charge < -0.3 is 0 Å². The van der Waals surface area contributed by atoms with Gasteiger partial charge >= 0.3 is 0 Å². The molecule has 2 aromatic rings. The van der Waals surface area contributed by atoms with E-state index in [1.165, 1.54) is 42.5 Å². The van der Waals surface area contributed by atoms with E-state index in [9.17, 15) is 25.5 Å². The Bertz CT molecular complexity index is 895. The molecule has 0 aliphatic heterocycles. The molecule has 2 rings (SSSR count). The molecule has 0 heterocycles. The predicted octanol–water partition coefficient (Wildman–Crippen LogP) is 4.12. The summed E-state index contributed by atoms with van der Waals surface area (Å²) >= 11 is 0. The average molecular weight is 321 g/mol. The molecule has 0 fully saturated rings. The molecule has 0 atom stereocenters. The maximum Gasteiger partial charge on any atom is 0.270 e. The third kappa shape index (κ3) is 4.35. The van der Waals surface area contributed by atoms with Gasteiger partial charge in [-0.15, -0.1) is 0 Å². The fourth-order valence-corrected chi connectivity index (χ4v) is 1.95. The molecule has 0 radical (unpaired) electrons. The molecule has 0 spiro atoms. The molecular formula is C17H11N3O4. The van der Waals surface area contributed by atoms with Crippen LogP contribution < -0.4 is 0 Å². The fourth-order valence-electron chi connectivity index (χ4n) is 1.95. The lowest BCUT2D eigenvalue weighted by atomic mass is 10.1. The average Bonchev–Trinajstić information content (AvgIpc) is 2.59. The molecule has 7 heteroatoms. The standard InChI is InChI=1S/C17H11N3O4/c18-12-15(9-14-4-2-6-17(11-14)20(23)24)8-7-13-3-1-5-16(10-13)19(21)22/h1-11H/b8-7+,15-9+. The van der Waals surface area contributed by atoms with E-state index in [1.54, 1.807) is 24.3 Å². The molecule has 0 amide bonds. The summed E-state index contributed by atoms with van der Waals surface area (Å²) in [4.78, 5) is 20.5. The lowest BCUT2D eigenvalue weighted by Crippen LogP contribution is -1.88. The smallest absolute Gasteiger partial charge is 0.258 e. The van der Waals surface area contributed by atoms with Gasteiger partial charge in [0.2, 0.25) is 0 Å². The van der Waals surface area contributed by atoms with Gasteiger partial charge in [0.1, 0.15) is 0 Å². The van der Waals surface area contributed by atoms with E-state index >= 15 is 0 Å². The second-order valence-electron chi connectivity index (χ2n) is 4.75. The summed E-state index contributed by atoms with van der Waals surface area (Å²) in [6.07, 6.45) is 4.57. The van der Waals surface area contributed by atoms with Crippen molar-refractivity contribution in [3.8, 4) is 6.07 Å². The van der Waals surface area contributed by atoms with Crippen molar-refractivity contribution in [3.63, 3.8) is 0 Å². The summed E-state index contributed by atoms with van der Waals surface area (Å²) in [5.41, 5.74) is 1.25. The van der Waals surface area contributed by atoms with Crippen LogP contribution in [0.3, 0.4) is 0 Å². The van der Waals surface area contributed by atoms with Crippen LogP contribution in [0.2, 0.25) is 0 Å². The first-order valence-electron chi connectivity index (χ1n) is 6.78. The van der Waals surface area contributed by atoms with Crippen molar-refractivity contribution >= 4 is 23.5 Å². The van der Waals surface area contributed by atoms with Crippen LogP contribution in [-0.4, -0.2) is 9.85 Å². The second kappa shape index (κ2) is 7.47. The van der Waals surface area contributed by atoms with Crippen molar-refractivity contribution in [1.29, 1.82) is 5.26 Å². The maximum atomic E-state index is 10.8. The van der Waals surface area contributed by atoms with Gasteiger partial charge in [0.15, 0.2) is 0 Å². The van der Waals surface area contributed by atoms with Gasteiger partial charge in [0.05, 0.1) is 21.5 Å². The van der Waals surface area contributed by atoms with E-state index in [-0.39, 0.29) is 16.9 Å². The van der Waals surface area contributed by atoms with Crippen LogP contribution in [0.25, 0.3) is 12.2 Å². The number of nitrogens with zero attached hydrogens (tertiary/aromatic N) is 3. The number of hydrogen-bond donors (Lipinski definition) is 0. The summed E-state index contributed by atoms with van der Waals surface area (Å²) in [6, 6.07) is 13.9. The van der Waals surface area contributed by atoms with Gasteiger partial charge in [-0.25, -0.2) is 0 Å². The Morgan fingerprint density at radius 2 is 1.50 bits per heavy atom. The largest absolute Gasteiger partial charge is 0.270 e. The van der Waals surface area contributed by atoms with Crippen LogP contribution in [0.15, 0.2) is 60.2 Å². The van der Waals surface area contributed by atoms with Gasteiger partial charge in [0.25, 0.3) is 11.4 Å². The predicted molar refractivity (Wildman–Crippen MR) is 88.8 cm³/mol. The Labute approximate surface area is 137 Å². The highest BCUT2D eigenvalue weighted by atomic mass is 16.6. The van der Waals surface area contributed by atoms with Crippen molar-refractivity contribution in [3.05, 3.63) is 91.5 Å². The van der Waals surface area contributed by atoms with Gasteiger partial charge in [-0.2, -0.15) is 5.26 Å². The minimum Gasteiger partial charge on any atom is -0.258 e. The SMILES string of the molecule is N#CC(/C=C/c1cccc([N+](=O)[O-])c1)=C/c1cccc([N+](=O)[O-])c1. The van der Waals surface area contributed by atoms with Crippen LogP contribution in [0.4, 0.5) is 11.4 Å². The van der Waals surface area contributed by atoms with Gasteiger partial charge in [-0.3, -0.25) is 20.2 Å². The maximum absolute atomic E-state index is 10.8. The van der Waals surface area contributed by atoms with E-state index in [1.807, 2.05) is 6.07 Å². The topological polar surface area (TPSA) is 110 Å². The zero-order valence-corrected chi connectivity index (χ0v) is 12.3. The summed E-state index contributed by atoms with van der Waals surface area (Å²) in [5, 5.41) is 30.7. The number of nitro benzene ring substituents is 2. The van der Waals surface area contributed by atoms with Crippen molar-refractivity contribution in [2.75, 3.05) is 0 Å². The van der Waals surface area contributed by atoms with Crippen molar-refractivity contribution in [1.82, 2.24) is 0 Å². The summed E-state index contributed by atoms with van der Waals surface area (Å²) in [6.45, 7) is 0. The number of benzene rings is 2. The van der Waals surface area contributed by atoms with Crippen molar-refractivity contribution in [2.45, 2.75) is 0 Å². The number of nitriles is 1. The molecule has 24 heavy (non-hydrogen) atoms. The minimum atomic E-state index is -0.512. The first kappa shape index (κ1) is 16.6. The van der Waals surface area contributed by atoms with Crippen LogP contribution in [-0.2, 0) is 0 Å². The molecule has 0 aromatic heterocycles. The highest BCUT2D eigenvalue weighted by Crippen LogP contribution is 2.18. The number of allylic oxidation sites excluding steroid dienone is 2. The monoisotopic (exact) mass is 321 g/mol. The Morgan fingerprint density at radius 3 is 2.04 bits per heavy atom. The van der Waals surface area contributed by atoms with E-state index in [4.69, 9.17) is 0 Å². The quantitative estimate of drug-likeness (QED) is 0.356. The van der Waals surface area contributed by atoms with Gasteiger partial charge in [-0.1, -0.05) is 30.3 Å². The number of hydrogen-bond acceptors (Lipinski definition) is 5. The molecule has 2 aromatic carbocycles. The highest BCUT2D eigenvalue weighted by Gasteiger charge is 2.05. The molecule has 0 N–H and O–H groups in total. The number of nitro groups is 2. The molecule has 0 saturated heterocycles. The van der Waals surface area contributed by atoms with Crippen LogP contribution in [0.1, 0.15) is 11.1 Å². The Kier molecular flexibility index (Phi) is 5.16. The fraction of sp³-hybridized carbons (Fsp3) is 0. The van der Waals surface area contributed by atoms with Crippen molar-refractivity contribution in [2.24, 2.45) is 0 Å². The van der Waals surface area contributed by atoms with Crippen LogP contribution >= 0.6 is 0 Å². The molecule has 7 nitrogen and oxygen atoms in total. The molecule has 0 aliphatic carbocycles. The number of non-ortho nitro benzene ring substituents is 2. The zero-order valence-electron chi connectivity index (χ0n) is 12.3. The lowest BCUT2D eigenvalue weighted by molar-refractivity contribution is -0.385. The minimum absolute atomic E-state index is 0.0432. The molecule has 0 aliphatic rings. The van der Waals surface area contributed by atoms with Gasteiger partial charge in [0, 0.05) is 24.3 Å². The summed E-state index contributed by atoms with van der Waals surface area (Å²) in [7, 11) is 0. The van der Waals surface area contributed by atoms with E-state index in [0.717, 1.165) is 0 Å². The first-order chi connectivity index (χ1) is 11.5. The highest BCUT2D eigenvalue weighted by molar-refractivity contribution is 5.67. The molecular weight excluding hydrogens is 310 g/mol. The van der Waals surface area contributed by atoms with Gasteiger partial charge in [-0.05, 0) is 23.3 Å². The first-order valence-corrected chi connectivity index (χ1v) is 6.78.